The molecule has 0 fully saturated rings. The second-order valence-electron chi connectivity index (χ2n) is 4.84. The number of amides is 1. The largest absolute Gasteiger partial charge is 0.484 e. The van der Waals surface area contributed by atoms with Gasteiger partial charge in [-0.25, -0.2) is 4.98 Å². The van der Waals surface area contributed by atoms with Crippen molar-refractivity contribution in [3.8, 4) is 17.4 Å². The predicted molar refractivity (Wildman–Crippen MR) is 87.8 cm³/mol. The minimum absolute atomic E-state index is 0.00000178. The normalized spacial score (nSPS) is 10.1. The molecule has 2 N–H and O–H groups in total. The van der Waals surface area contributed by atoms with Crippen molar-refractivity contribution in [3.05, 3.63) is 48.7 Å². The van der Waals surface area contributed by atoms with Crippen LogP contribution in [0, 0.1) is 0 Å². The summed E-state index contributed by atoms with van der Waals surface area (Å²) >= 11 is 0. The standard InChI is InChI=1S/C17H21N3O3/c1-18-10-4-12-19-16(21)13-22-14-6-8-15(9-7-14)23-17-5-2-3-11-20-17/h2-3,5-9,11,18H,4,10,12-13H2,1H3,(H,19,21). The van der Waals surface area contributed by atoms with Crippen LogP contribution in [0.3, 0.4) is 0 Å². The molecule has 1 heterocycles. The van der Waals surface area contributed by atoms with Gasteiger partial charge in [-0.05, 0) is 50.3 Å². The average molecular weight is 315 g/mol. The zero-order chi connectivity index (χ0) is 16.3. The third-order valence-electron chi connectivity index (χ3n) is 2.98. The first-order chi connectivity index (χ1) is 11.3. The average Bonchev–Trinajstić information content (AvgIpc) is 2.59. The van der Waals surface area contributed by atoms with E-state index in [-0.39, 0.29) is 12.5 Å². The number of hydrogen-bond acceptors (Lipinski definition) is 5. The van der Waals surface area contributed by atoms with Crippen molar-refractivity contribution in [2.45, 2.75) is 6.42 Å². The highest BCUT2D eigenvalue weighted by Crippen LogP contribution is 2.22. The van der Waals surface area contributed by atoms with Gasteiger partial charge in [-0.2, -0.15) is 0 Å². The van der Waals surface area contributed by atoms with Gasteiger partial charge in [0.15, 0.2) is 6.61 Å². The van der Waals surface area contributed by atoms with E-state index in [1.807, 2.05) is 19.2 Å². The number of aromatic nitrogens is 1. The Balaban J connectivity index is 1.73. The summed E-state index contributed by atoms with van der Waals surface area (Å²) in [5.74, 6) is 1.67. The molecule has 0 saturated heterocycles. The lowest BCUT2D eigenvalue weighted by Crippen LogP contribution is -2.30. The molecule has 1 aromatic carbocycles. The Bertz CT molecular complexity index is 588. The van der Waals surface area contributed by atoms with Crippen LogP contribution in [0.5, 0.6) is 17.4 Å². The molecule has 1 aromatic heterocycles. The van der Waals surface area contributed by atoms with Gasteiger partial charge < -0.3 is 20.1 Å². The maximum atomic E-state index is 11.6. The van der Waals surface area contributed by atoms with E-state index in [2.05, 4.69) is 15.6 Å². The van der Waals surface area contributed by atoms with Crippen molar-refractivity contribution in [1.29, 1.82) is 0 Å². The lowest BCUT2D eigenvalue weighted by molar-refractivity contribution is -0.123. The molecule has 0 atom stereocenters. The maximum Gasteiger partial charge on any atom is 0.257 e. The highest BCUT2D eigenvalue weighted by Gasteiger charge is 2.03. The molecule has 0 spiro atoms. The number of nitrogens with one attached hydrogen (secondary N) is 2. The first-order valence-corrected chi connectivity index (χ1v) is 7.51. The third-order valence-corrected chi connectivity index (χ3v) is 2.98. The van der Waals surface area contributed by atoms with E-state index in [0.717, 1.165) is 13.0 Å². The molecule has 1 amide bonds. The second kappa shape index (κ2) is 9.42. The van der Waals surface area contributed by atoms with E-state index in [1.165, 1.54) is 0 Å². The number of nitrogens with zero attached hydrogens (tertiary/aromatic N) is 1. The van der Waals surface area contributed by atoms with Crippen molar-refractivity contribution in [1.82, 2.24) is 15.6 Å². The van der Waals surface area contributed by atoms with Crippen LogP contribution in [0.4, 0.5) is 0 Å². The molecule has 0 bridgehead atoms. The van der Waals surface area contributed by atoms with Gasteiger partial charge in [0.1, 0.15) is 11.5 Å². The number of ether oxygens (including phenoxy) is 2. The van der Waals surface area contributed by atoms with E-state index < -0.39 is 0 Å². The number of carbonyl (C=O) groups excluding carboxylic acids is 1. The Morgan fingerprint density at radius 1 is 1.09 bits per heavy atom. The molecule has 0 unspecified atom stereocenters. The van der Waals surface area contributed by atoms with Crippen molar-refractivity contribution < 1.29 is 14.3 Å². The first-order valence-electron chi connectivity index (χ1n) is 7.51. The fourth-order valence-corrected chi connectivity index (χ4v) is 1.83. The van der Waals surface area contributed by atoms with E-state index in [9.17, 15) is 4.79 Å². The van der Waals surface area contributed by atoms with Crippen LogP contribution in [-0.2, 0) is 4.79 Å². The summed E-state index contributed by atoms with van der Waals surface area (Å²) in [6.45, 7) is 1.51. The summed E-state index contributed by atoms with van der Waals surface area (Å²) in [5.41, 5.74) is 0. The van der Waals surface area contributed by atoms with Crippen LogP contribution < -0.4 is 20.1 Å². The van der Waals surface area contributed by atoms with Gasteiger partial charge in [0.25, 0.3) is 5.91 Å². The number of carbonyl (C=O) groups is 1. The van der Waals surface area contributed by atoms with E-state index in [1.54, 1.807) is 36.5 Å². The van der Waals surface area contributed by atoms with Gasteiger partial charge in [0.2, 0.25) is 5.88 Å². The summed E-state index contributed by atoms with van der Waals surface area (Å²) in [7, 11) is 1.88. The third kappa shape index (κ3) is 6.36. The molecule has 6 heteroatoms. The molecule has 2 aromatic rings. The molecule has 0 aliphatic rings. The molecule has 6 nitrogen and oxygen atoms in total. The van der Waals surface area contributed by atoms with Gasteiger partial charge in [-0.15, -0.1) is 0 Å². The molecule has 0 aliphatic carbocycles. The van der Waals surface area contributed by atoms with Crippen LogP contribution >= 0.6 is 0 Å². The summed E-state index contributed by atoms with van der Waals surface area (Å²) in [6.07, 6.45) is 2.56. The Morgan fingerprint density at radius 3 is 2.57 bits per heavy atom. The zero-order valence-corrected chi connectivity index (χ0v) is 13.1. The summed E-state index contributed by atoms with van der Waals surface area (Å²) in [6, 6.07) is 12.5. The van der Waals surface area contributed by atoms with Gasteiger partial charge in [-0.1, -0.05) is 6.07 Å². The minimum Gasteiger partial charge on any atom is -0.484 e. The van der Waals surface area contributed by atoms with Crippen molar-refractivity contribution in [2.24, 2.45) is 0 Å². The zero-order valence-electron chi connectivity index (χ0n) is 13.1. The van der Waals surface area contributed by atoms with Crippen molar-refractivity contribution in [3.63, 3.8) is 0 Å². The highest BCUT2D eigenvalue weighted by molar-refractivity contribution is 5.77. The Kier molecular flexibility index (Phi) is 6.87. The fraction of sp³-hybridized carbons (Fsp3) is 0.294. The van der Waals surface area contributed by atoms with Gasteiger partial charge >= 0.3 is 0 Å². The lowest BCUT2D eigenvalue weighted by Gasteiger charge is -2.08. The molecule has 0 aliphatic heterocycles. The molecule has 0 radical (unpaired) electrons. The Morgan fingerprint density at radius 2 is 1.87 bits per heavy atom. The Hall–Kier alpha value is -2.60. The lowest BCUT2D eigenvalue weighted by atomic mass is 10.3. The van der Waals surface area contributed by atoms with E-state index in [4.69, 9.17) is 9.47 Å². The smallest absolute Gasteiger partial charge is 0.257 e. The van der Waals surface area contributed by atoms with Crippen LogP contribution in [0.15, 0.2) is 48.7 Å². The molecular weight excluding hydrogens is 294 g/mol. The fourth-order valence-electron chi connectivity index (χ4n) is 1.83. The number of benzene rings is 1. The highest BCUT2D eigenvalue weighted by atomic mass is 16.5. The van der Waals surface area contributed by atoms with Crippen molar-refractivity contribution >= 4 is 5.91 Å². The number of pyridine rings is 1. The van der Waals surface area contributed by atoms with Gasteiger partial charge in [0.05, 0.1) is 0 Å². The van der Waals surface area contributed by atoms with Crippen LogP contribution in [0.25, 0.3) is 0 Å². The minimum atomic E-state index is -0.130. The topological polar surface area (TPSA) is 72.5 Å². The molecular formula is C17H21N3O3. The van der Waals surface area contributed by atoms with Crippen molar-refractivity contribution in [2.75, 3.05) is 26.7 Å². The Labute approximate surface area is 135 Å². The summed E-state index contributed by atoms with van der Waals surface area (Å²) < 4.78 is 11.0. The second-order valence-corrected chi connectivity index (χ2v) is 4.84. The van der Waals surface area contributed by atoms with E-state index in [0.29, 0.717) is 23.9 Å². The molecule has 122 valence electrons. The monoisotopic (exact) mass is 315 g/mol. The van der Waals surface area contributed by atoms with Crippen LogP contribution in [-0.4, -0.2) is 37.6 Å². The first kappa shape index (κ1) is 16.8. The van der Waals surface area contributed by atoms with Gasteiger partial charge in [-0.3, -0.25) is 4.79 Å². The molecule has 2 rings (SSSR count). The predicted octanol–water partition coefficient (Wildman–Crippen LogP) is 1.98. The quantitative estimate of drug-likeness (QED) is 0.692. The van der Waals surface area contributed by atoms with E-state index >= 15 is 0 Å². The maximum absolute atomic E-state index is 11.6. The SMILES string of the molecule is CNCCCNC(=O)COc1ccc(Oc2ccccn2)cc1. The van der Waals surface area contributed by atoms with Crippen LogP contribution in [0.1, 0.15) is 6.42 Å². The number of hydrogen-bond donors (Lipinski definition) is 2. The summed E-state index contributed by atoms with van der Waals surface area (Å²) in [5, 5.41) is 5.82. The van der Waals surface area contributed by atoms with Gasteiger partial charge in [0, 0.05) is 18.8 Å². The molecule has 0 saturated carbocycles. The van der Waals surface area contributed by atoms with Crippen LogP contribution in [0.2, 0.25) is 0 Å². The molecule has 23 heavy (non-hydrogen) atoms. The number of rotatable bonds is 9. The summed E-state index contributed by atoms with van der Waals surface area (Å²) in [4.78, 5) is 15.7.